The molecule has 3 heteroatoms. The highest BCUT2D eigenvalue weighted by atomic mass is 16.5. The summed E-state index contributed by atoms with van der Waals surface area (Å²) < 4.78 is 5.19. The summed E-state index contributed by atoms with van der Waals surface area (Å²) in [5.74, 6) is 0. The van der Waals surface area contributed by atoms with Gasteiger partial charge in [-0.25, -0.2) is 0 Å². The molecule has 0 saturated carbocycles. The molecule has 0 aromatic rings. The molecule has 1 aliphatic rings. The molecular formula is C12H22N2O. The summed E-state index contributed by atoms with van der Waals surface area (Å²) >= 11 is 0. The minimum absolute atomic E-state index is 0.202. The summed E-state index contributed by atoms with van der Waals surface area (Å²) in [6.07, 6.45) is 9.29. The molecule has 0 spiro atoms. The third kappa shape index (κ3) is 2.81. The Morgan fingerprint density at radius 2 is 2.13 bits per heavy atom. The van der Waals surface area contributed by atoms with Crippen LogP contribution in [0.5, 0.6) is 0 Å². The quantitative estimate of drug-likeness (QED) is 0.730. The van der Waals surface area contributed by atoms with Crippen molar-refractivity contribution in [2.45, 2.75) is 39.3 Å². The largest absolute Gasteiger partial charge is 0.385 e. The van der Waals surface area contributed by atoms with Crippen molar-refractivity contribution in [3.63, 3.8) is 0 Å². The topological polar surface area (TPSA) is 33.6 Å². The number of nitrogens with zero attached hydrogens (tertiary/aromatic N) is 1. The van der Waals surface area contributed by atoms with E-state index in [4.69, 9.17) is 4.74 Å². The van der Waals surface area contributed by atoms with Gasteiger partial charge in [0, 0.05) is 25.3 Å². The molecule has 0 bridgehead atoms. The van der Waals surface area contributed by atoms with Crippen LogP contribution in [-0.4, -0.2) is 26.1 Å². The number of aliphatic imine (C=N–C) groups is 1. The maximum atomic E-state index is 5.19. The molecule has 1 aliphatic heterocycles. The Morgan fingerprint density at radius 1 is 1.40 bits per heavy atom. The van der Waals surface area contributed by atoms with E-state index in [0.717, 1.165) is 25.9 Å². The monoisotopic (exact) mass is 210 g/mol. The maximum absolute atomic E-state index is 5.19. The third-order valence-corrected chi connectivity index (χ3v) is 3.46. The van der Waals surface area contributed by atoms with Gasteiger partial charge in [-0.1, -0.05) is 13.8 Å². The Hall–Kier alpha value is -0.830. The summed E-state index contributed by atoms with van der Waals surface area (Å²) in [4.78, 5) is 4.52. The van der Waals surface area contributed by atoms with Crippen molar-refractivity contribution in [2.75, 3.05) is 13.7 Å². The molecular weight excluding hydrogens is 188 g/mol. The average molecular weight is 210 g/mol. The van der Waals surface area contributed by atoms with Crippen molar-refractivity contribution < 1.29 is 4.74 Å². The molecule has 0 aromatic heterocycles. The van der Waals surface area contributed by atoms with Gasteiger partial charge >= 0.3 is 0 Å². The highest BCUT2D eigenvalue weighted by Crippen LogP contribution is 2.35. The van der Waals surface area contributed by atoms with Crippen LogP contribution in [0.2, 0.25) is 0 Å². The molecule has 0 amide bonds. The van der Waals surface area contributed by atoms with E-state index in [1.165, 1.54) is 0 Å². The van der Waals surface area contributed by atoms with E-state index in [0.29, 0.717) is 0 Å². The van der Waals surface area contributed by atoms with Gasteiger partial charge in [-0.3, -0.25) is 4.99 Å². The lowest BCUT2D eigenvalue weighted by atomic mass is 9.76. The zero-order valence-corrected chi connectivity index (χ0v) is 9.99. The van der Waals surface area contributed by atoms with Crippen LogP contribution in [-0.2, 0) is 4.74 Å². The van der Waals surface area contributed by atoms with E-state index in [2.05, 4.69) is 24.2 Å². The molecule has 15 heavy (non-hydrogen) atoms. The van der Waals surface area contributed by atoms with Gasteiger partial charge in [-0.15, -0.1) is 0 Å². The van der Waals surface area contributed by atoms with Crippen LogP contribution in [0.15, 0.2) is 17.3 Å². The summed E-state index contributed by atoms with van der Waals surface area (Å²) in [5.41, 5.74) is 0.220. The van der Waals surface area contributed by atoms with E-state index in [-0.39, 0.29) is 11.6 Å². The normalized spacial score (nSPS) is 20.3. The zero-order valence-electron chi connectivity index (χ0n) is 9.99. The summed E-state index contributed by atoms with van der Waals surface area (Å²) in [6.45, 7) is 5.27. The van der Waals surface area contributed by atoms with Crippen LogP contribution in [0.3, 0.4) is 0 Å². The first-order valence-corrected chi connectivity index (χ1v) is 5.72. The Balaban J connectivity index is 2.69. The van der Waals surface area contributed by atoms with Crippen molar-refractivity contribution in [3.8, 4) is 0 Å². The first-order chi connectivity index (χ1) is 7.29. The van der Waals surface area contributed by atoms with Crippen LogP contribution < -0.4 is 5.32 Å². The van der Waals surface area contributed by atoms with Gasteiger partial charge in [-0.2, -0.15) is 0 Å². The highest BCUT2D eigenvalue weighted by Gasteiger charge is 2.34. The van der Waals surface area contributed by atoms with Crippen LogP contribution in [0.1, 0.15) is 33.1 Å². The second-order valence-electron chi connectivity index (χ2n) is 4.04. The maximum Gasteiger partial charge on any atom is 0.123 e. The molecule has 1 heterocycles. The molecule has 1 unspecified atom stereocenters. The highest BCUT2D eigenvalue weighted by molar-refractivity contribution is 5.71. The fraction of sp³-hybridized carbons (Fsp3) is 0.750. The minimum Gasteiger partial charge on any atom is -0.385 e. The molecule has 3 nitrogen and oxygen atoms in total. The van der Waals surface area contributed by atoms with Crippen molar-refractivity contribution in [1.29, 1.82) is 0 Å². The summed E-state index contributed by atoms with van der Waals surface area (Å²) in [5, 5.41) is 3.34. The molecule has 0 fully saturated rings. The van der Waals surface area contributed by atoms with Gasteiger partial charge in [-0.05, 0) is 31.5 Å². The van der Waals surface area contributed by atoms with Crippen LogP contribution in [0.4, 0.5) is 0 Å². The van der Waals surface area contributed by atoms with Gasteiger partial charge in [0.25, 0.3) is 0 Å². The van der Waals surface area contributed by atoms with Gasteiger partial charge in [0.05, 0.1) is 0 Å². The Labute approximate surface area is 92.6 Å². The standard InChI is InChI=1S/C12H22N2O/c1-4-12(5-2,7-10-15-3)11-13-8-6-9-14-11/h6,8-9,11,13H,4-5,7,10H2,1-3H3. The first-order valence-electron chi connectivity index (χ1n) is 5.72. The predicted octanol–water partition coefficient (Wildman–Crippen LogP) is 2.34. The van der Waals surface area contributed by atoms with E-state index in [9.17, 15) is 0 Å². The van der Waals surface area contributed by atoms with Gasteiger partial charge in [0.15, 0.2) is 0 Å². The number of ether oxygens (including phenoxy) is 1. The summed E-state index contributed by atoms with van der Waals surface area (Å²) in [7, 11) is 1.76. The van der Waals surface area contributed by atoms with Crippen LogP contribution >= 0.6 is 0 Å². The Bertz CT molecular complexity index is 232. The van der Waals surface area contributed by atoms with Crippen LogP contribution in [0.25, 0.3) is 0 Å². The lowest BCUT2D eigenvalue weighted by Crippen LogP contribution is -2.43. The molecule has 1 N–H and O–H groups in total. The van der Waals surface area contributed by atoms with Crippen molar-refractivity contribution in [1.82, 2.24) is 5.32 Å². The molecule has 0 radical (unpaired) electrons. The lowest BCUT2D eigenvalue weighted by molar-refractivity contribution is 0.100. The number of rotatable bonds is 6. The van der Waals surface area contributed by atoms with E-state index in [1.54, 1.807) is 7.11 Å². The minimum atomic E-state index is 0.202. The molecule has 0 saturated heterocycles. The number of nitrogens with one attached hydrogen (secondary N) is 1. The fourth-order valence-electron chi connectivity index (χ4n) is 2.14. The van der Waals surface area contributed by atoms with E-state index in [1.807, 2.05) is 18.5 Å². The first kappa shape index (κ1) is 12.2. The number of allylic oxidation sites excluding steroid dienone is 1. The Morgan fingerprint density at radius 3 is 2.60 bits per heavy atom. The van der Waals surface area contributed by atoms with Gasteiger partial charge < -0.3 is 10.1 Å². The number of hydrogen-bond acceptors (Lipinski definition) is 3. The van der Waals surface area contributed by atoms with Crippen molar-refractivity contribution in [3.05, 3.63) is 12.3 Å². The van der Waals surface area contributed by atoms with Gasteiger partial charge in [0.2, 0.25) is 0 Å². The molecule has 1 rings (SSSR count). The predicted molar refractivity (Wildman–Crippen MR) is 64.1 cm³/mol. The second kappa shape index (κ2) is 5.91. The zero-order chi connectivity index (χ0) is 11.1. The fourth-order valence-corrected chi connectivity index (χ4v) is 2.14. The number of hydrogen-bond donors (Lipinski definition) is 1. The molecule has 1 atom stereocenters. The van der Waals surface area contributed by atoms with Crippen LogP contribution in [0, 0.1) is 5.41 Å². The second-order valence-corrected chi connectivity index (χ2v) is 4.04. The molecule has 0 aromatic carbocycles. The third-order valence-electron chi connectivity index (χ3n) is 3.46. The smallest absolute Gasteiger partial charge is 0.123 e. The van der Waals surface area contributed by atoms with E-state index < -0.39 is 0 Å². The average Bonchev–Trinajstić information content (AvgIpc) is 2.33. The SMILES string of the molecule is CCC(CC)(CCOC)C1N=CC=CN1. The van der Waals surface area contributed by atoms with Gasteiger partial charge in [0.1, 0.15) is 6.17 Å². The van der Waals surface area contributed by atoms with Crippen molar-refractivity contribution in [2.24, 2.45) is 10.4 Å². The number of methoxy groups -OCH3 is 1. The molecule has 0 aliphatic carbocycles. The summed E-state index contributed by atoms with van der Waals surface area (Å²) in [6, 6.07) is 0. The molecule has 86 valence electrons. The van der Waals surface area contributed by atoms with Crippen molar-refractivity contribution >= 4 is 6.21 Å². The van der Waals surface area contributed by atoms with E-state index >= 15 is 0 Å². The lowest BCUT2D eigenvalue weighted by Gasteiger charge is -2.38. The Kier molecular flexibility index (Phi) is 4.82.